The molecule has 0 aliphatic heterocycles. The second-order valence-corrected chi connectivity index (χ2v) is 8.34. The van der Waals surface area contributed by atoms with Crippen molar-refractivity contribution < 1.29 is 19.1 Å². The predicted molar refractivity (Wildman–Crippen MR) is 120 cm³/mol. The smallest absolute Gasteiger partial charge is 0.343 e. The first kappa shape index (κ1) is 23.7. The van der Waals surface area contributed by atoms with Gasteiger partial charge in [0.15, 0.2) is 0 Å². The van der Waals surface area contributed by atoms with Gasteiger partial charge in [0, 0.05) is 5.56 Å². The van der Waals surface area contributed by atoms with Crippen LogP contribution in [-0.2, 0) is 27.8 Å². The van der Waals surface area contributed by atoms with E-state index in [0.29, 0.717) is 23.5 Å². The molecule has 30 heavy (non-hydrogen) atoms. The van der Waals surface area contributed by atoms with Gasteiger partial charge in [0.2, 0.25) is 0 Å². The first-order valence-corrected chi connectivity index (χ1v) is 10.8. The van der Waals surface area contributed by atoms with Crippen LogP contribution in [0.4, 0.5) is 0 Å². The number of hydrogen-bond acceptors (Lipinski definition) is 4. The van der Waals surface area contributed by atoms with Crippen LogP contribution in [0.3, 0.4) is 0 Å². The van der Waals surface area contributed by atoms with E-state index in [2.05, 4.69) is 27.7 Å². The molecule has 2 aromatic rings. The average molecular weight is 411 g/mol. The molecule has 0 aromatic heterocycles. The Bertz CT molecular complexity index is 879. The van der Waals surface area contributed by atoms with Gasteiger partial charge < -0.3 is 9.47 Å². The van der Waals surface area contributed by atoms with Crippen LogP contribution >= 0.6 is 0 Å². The van der Waals surface area contributed by atoms with E-state index in [1.807, 2.05) is 31.2 Å². The second kappa shape index (κ2) is 10.4. The van der Waals surface area contributed by atoms with Gasteiger partial charge in [-0.3, -0.25) is 4.79 Å². The topological polar surface area (TPSA) is 52.6 Å². The summed E-state index contributed by atoms with van der Waals surface area (Å²) in [5.41, 5.74) is 4.27. The molecule has 2 aromatic carbocycles. The molecule has 0 fully saturated rings. The van der Waals surface area contributed by atoms with Gasteiger partial charge in [0.25, 0.3) is 0 Å². The van der Waals surface area contributed by atoms with E-state index in [0.717, 1.165) is 30.4 Å². The molecule has 0 heterocycles. The van der Waals surface area contributed by atoms with Crippen LogP contribution in [0.2, 0.25) is 0 Å². The minimum Gasteiger partial charge on any atom is -0.466 e. The monoisotopic (exact) mass is 410 g/mol. The highest BCUT2D eigenvalue weighted by molar-refractivity contribution is 5.91. The summed E-state index contributed by atoms with van der Waals surface area (Å²) in [6.07, 6.45) is 3.06. The third-order valence-electron chi connectivity index (χ3n) is 5.58. The standard InChI is InChI=1S/C26H34O4/c1-7-10-19-11-13-20(14-12-19)25(28)30-24-18(4)15-22(26(5,6)8-2)16-21(24)17-23(27)29-9-3/h11-16H,7-10,17H2,1-6H3. The molecule has 0 bridgehead atoms. The van der Waals surface area contributed by atoms with Crippen molar-refractivity contribution in [2.75, 3.05) is 6.61 Å². The number of rotatable bonds is 9. The number of esters is 2. The molecule has 0 saturated carbocycles. The van der Waals surface area contributed by atoms with Crippen LogP contribution in [0, 0.1) is 6.92 Å². The van der Waals surface area contributed by atoms with Gasteiger partial charge in [0.1, 0.15) is 5.75 Å². The number of benzene rings is 2. The third kappa shape index (κ3) is 5.94. The van der Waals surface area contributed by atoms with Crippen molar-refractivity contribution in [2.24, 2.45) is 0 Å². The highest BCUT2D eigenvalue weighted by Gasteiger charge is 2.24. The predicted octanol–water partition coefficient (Wildman–Crippen LogP) is 5.96. The van der Waals surface area contributed by atoms with Gasteiger partial charge in [-0.05, 0) is 60.9 Å². The van der Waals surface area contributed by atoms with E-state index < -0.39 is 5.97 Å². The lowest BCUT2D eigenvalue weighted by atomic mass is 9.80. The van der Waals surface area contributed by atoms with E-state index >= 15 is 0 Å². The first-order valence-electron chi connectivity index (χ1n) is 10.8. The minimum absolute atomic E-state index is 0.0498. The quantitative estimate of drug-likeness (QED) is 0.378. The fourth-order valence-electron chi connectivity index (χ4n) is 3.33. The largest absolute Gasteiger partial charge is 0.466 e. The van der Waals surface area contributed by atoms with Crippen LogP contribution in [0.5, 0.6) is 5.75 Å². The van der Waals surface area contributed by atoms with Gasteiger partial charge in [-0.25, -0.2) is 4.79 Å². The SMILES string of the molecule is CCCc1ccc(C(=O)Oc2c(C)cc(C(C)(C)CC)cc2CC(=O)OCC)cc1. The molecule has 4 nitrogen and oxygen atoms in total. The lowest BCUT2D eigenvalue weighted by molar-refractivity contribution is -0.142. The Morgan fingerprint density at radius 3 is 2.23 bits per heavy atom. The van der Waals surface area contributed by atoms with Crippen LogP contribution in [0.15, 0.2) is 36.4 Å². The number of aryl methyl sites for hydroxylation is 2. The molecule has 0 N–H and O–H groups in total. The third-order valence-corrected chi connectivity index (χ3v) is 5.58. The van der Waals surface area contributed by atoms with Crippen molar-refractivity contribution >= 4 is 11.9 Å². The molecule has 0 saturated heterocycles. The number of ether oxygens (including phenoxy) is 2. The zero-order valence-electron chi connectivity index (χ0n) is 19.1. The Labute approximate surface area is 180 Å². The molecule has 0 radical (unpaired) electrons. The average Bonchev–Trinajstić information content (AvgIpc) is 2.71. The lowest BCUT2D eigenvalue weighted by Crippen LogP contribution is -2.19. The molecular weight excluding hydrogens is 376 g/mol. The Balaban J connectivity index is 2.38. The van der Waals surface area contributed by atoms with Crippen LogP contribution in [-0.4, -0.2) is 18.5 Å². The molecule has 0 amide bonds. The number of carbonyl (C=O) groups excluding carboxylic acids is 2. The highest BCUT2D eigenvalue weighted by Crippen LogP contribution is 2.34. The maximum absolute atomic E-state index is 12.8. The van der Waals surface area contributed by atoms with Crippen molar-refractivity contribution in [2.45, 2.75) is 72.6 Å². The zero-order chi connectivity index (χ0) is 22.3. The summed E-state index contributed by atoms with van der Waals surface area (Å²) in [5, 5.41) is 0. The Morgan fingerprint density at radius 1 is 1.00 bits per heavy atom. The summed E-state index contributed by atoms with van der Waals surface area (Å²) >= 11 is 0. The summed E-state index contributed by atoms with van der Waals surface area (Å²) in [4.78, 5) is 25.0. The molecule has 162 valence electrons. The summed E-state index contributed by atoms with van der Waals surface area (Å²) in [6.45, 7) is 12.6. The Morgan fingerprint density at radius 2 is 1.67 bits per heavy atom. The lowest BCUT2D eigenvalue weighted by Gasteiger charge is -2.26. The summed E-state index contributed by atoms with van der Waals surface area (Å²) in [6, 6.07) is 11.5. The van der Waals surface area contributed by atoms with Gasteiger partial charge in [0.05, 0.1) is 18.6 Å². The van der Waals surface area contributed by atoms with Crippen LogP contribution in [0.1, 0.15) is 80.1 Å². The number of carbonyl (C=O) groups is 2. The van der Waals surface area contributed by atoms with Crippen LogP contribution < -0.4 is 4.74 Å². The van der Waals surface area contributed by atoms with Crippen LogP contribution in [0.25, 0.3) is 0 Å². The second-order valence-electron chi connectivity index (χ2n) is 8.34. The Hall–Kier alpha value is -2.62. The molecule has 0 aliphatic rings. The van der Waals surface area contributed by atoms with Gasteiger partial charge in [-0.15, -0.1) is 0 Å². The molecule has 4 heteroatoms. The van der Waals surface area contributed by atoms with Crippen molar-refractivity contribution in [3.8, 4) is 5.75 Å². The van der Waals surface area contributed by atoms with E-state index in [1.54, 1.807) is 19.1 Å². The molecule has 0 aliphatic carbocycles. The molecule has 0 unspecified atom stereocenters. The summed E-state index contributed by atoms with van der Waals surface area (Å²) in [7, 11) is 0. The van der Waals surface area contributed by atoms with Gasteiger partial charge in [-0.1, -0.05) is 58.4 Å². The van der Waals surface area contributed by atoms with E-state index in [9.17, 15) is 9.59 Å². The zero-order valence-corrected chi connectivity index (χ0v) is 19.1. The maximum Gasteiger partial charge on any atom is 0.343 e. The van der Waals surface area contributed by atoms with Gasteiger partial charge in [-0.2, -0.15) is 0 Å². The fraction of sp³-hybridized carbons (Fsp3) is 0.462. The molecule has 2 rings (SSSR count). The van der Waals surface area contributed by atoms with Crippen molar-refractivity contribution in [1.29, 1.82) is 0 Å². The summed E-state index contributed by atoms with van der Waals surface area (Å²) in [5.74, 6) is -0.306. The number of hydrogen-bond donors (Lipinski definition) is 0. The molecule has 0 spiro atoms. The summed E-state index contributed by atoms with van der Waals surface area (Å²) < 4.78 is 10.9. The Kier molecular flexibility index (Phi) is 8.22. The van der Waals surface area contributed by atoms with E-state index in [1.165, 1.54) is 5.56 Å². The molecule has 0 atom stereocenters. The fourth-order valence-corrected chi connectivity index (χ4v) is 3.33. The normalized spacial score (nSPS) is 11.3. The maximum atomic E-state index is 12.8. The van der Waals surface area contributed by atoms with Crippen molar-refractivity contribution in [3.05, 3.63) is 64.2 Å². The van der Waals surface area contributed by atoms with Gasteiger partial charge >= 0.3 is 11.9 Å². The highest BCUT2D eigenvalue weighted by atomic mass is 16.5. The first-order chi connectivity index (χ1) is 14.2. The van der Waals surface area contributed by atoms with E-state index in [-0.39, 0.29) is 17.8 Å². The minimum atomic E-state index is -0.422. The van der Waals surface area contributed by atoms with E-state index in [4.69, 9.17) is 9.47 Å². The van der Waals surface area contributed by atoms with Crippen molar-refractivity contribution in [1.82, 2.24) is 0 Å². The van der Waals surface area contributed by atoms with Crippen molar-refractivity contribution in [3.63, 3.8) is 0 Å². The molecular formula is C26H34O4.